The van der Waals surface area contributed by atoms with Crippen molar-refractivity contribution in [1.29, 1.82) is 0 Å². The fourth-order valence-corrected chi connectivity index (χ4v) is 6.16. The van der Waals surface area contributed by atoms with Gasteiger partial charge in [0.25, 0.3) is 6.01 Å². The lowest BCUT2D eigenvalue weighted by Crippen LogP contribution is -2.37. The van der Waals surface area contributed by atoms with Crippen LogP contribution in [0, 0.1) is 17.8 Å². The maximum atomic E-state index is 12.7. The van der Waals surface area contributed by atoms with Crippen LogP contribution in [0.25, 0.3) is 11.1 Å². The average molecular weight is 549 g/mol. The summed E-state index contributed by atoms with van der Waals surface area (Å²) in [5.41, 5.74) is 1.63. The summed E-state index contributed by atoms with van der Waals surface area (Å²) in [7, 11) is 0. The van der Waals surface area contributed by atoms with Crippen LogP contribution in [0.3, 0.4) is 0 Å². The molecule has 0 saturated carbocycles. The number of ether oxygens (including phenoxy) is 2. The van der Waals surface area contributed by atoms with Gasteiger partial charge in [0.15, 0.2) is 5.58 Å². The van der Waals surface area contributed by atoms with Crippen molar-refractivity contribution in [2.75, 3.05) is 31.6 Å². The Hall–Kier alpha value is -1.97. The Morgan fingerprint density at radius 2 is 2.05 bits per heavy atom. The maximum Gasteiger partial charge on any atom is 0.407 e. The van der Waals surface area contributed by atoms with Gasteiger partial charge in [-0.05, 0) is 75.6 Å². The standard InChI is InChI=1S/C29H48N4O4S/c1-8-10-24-21(6)22(7)35-16-13-26(24)37-29(34)30-14-9-15-33(18-19(2)3)38-23-11-12-25-27(17-23)36-28(32-25)31-20(4)5/h11-12,17,19-22,24,26H,8-10,13-16,18H2,1-7H3,(H,30,34)(H,31,32). The van der Waals surface area contributed by atoms with Crippen molar-refractivity contribution >= 4 is 35.2 Å². The summed E-state index contributed by atoms with van der Waals surface area (Å²) in [6.07, 6.45) is 3.50. The predicted octanol–water partition coefficient (Wildman–Crippen LogP) is 6.96. The zero-order valence-electron chi connectivity index (χ0n) is 24.3. The molecule has 3 rings (SSSR count). The highest BCUT2D eigenvalue weighted by atomic mass is 32.2. The fraction of sp³-hybridized carbons (Fsp3) is 0.724. The number of nitrogens with one attached hydrogen (secondary N) is 2. The highest BCUT2D eigenvalue weighted by Gasteiger charge is 2.35. The minimum absolute atomic E-state index is 0.0924. The van der Waals surface area contributed by atoms with Gasteiger partial charge in [-0.15, -0.1) is 0 Å². The minimum Gasteiger partial charge on any atom is -0.446 e. The molecule has 2 heterocycles. The largest absolute Gasteiger partial charge is 0.446 e. The number of carbonyl (C=O) groups is 1. The van der Waals surface area contributed by atoms with Gasteiger partial charge < -0.3 is 24.5 Å². The molecule has 1 aliphatic heterocycles. The van der Waals surface area contributed by atoms with Crippen molar-refractivity contribution in [2.45, 2.75) is 97.3 Å². The molecule has 2 N–H and O–H groups in total. The van der Waals surface area contributed by atoms with Gasteiger partial charge in [0.2, 0.25) is 0 Å². The Morgan fingerprint density at radius 1 is 1.26 bits per heavy atom. The van der Waals surface area contributed by atoms with E-state index in [9.17, 15) is 4.79 Å². The molecular weight excluding hydrogens is 500 g/mol. The Kier molecular flexibility index (Phi) is 12.1. The third kappa shape index (κ3) is 9.35. The van der Waals surface area contributed by atoms with Gasteiger partial charge in [-0.3, -0.25) is 0 Å². The monoisotopic (exact) mass is 548 g/mol. The molecule has 0 radical (unpaired) electrons. The molecule has 1 fully saturated rings. The molecule has 1 saturated heterocycles. The Labute approximate surface area is 233 Å². The molecule has 4 atom stereocenters. The van der Waals surface area contributed by atoms with Gasteiger partial charge in [-0.25, -0.2) is 9.10 Å². The van der Waals surface area contributed by atoms with E-state index in [1.54, 1.807) is 11.9 Å². The number of hydrogen-bond acceptors (Lipinski definition) is 8. The quantitative estimate of drug-likeness (QED) is 0.205. The summed E-state index contributed by atoms with van der Waals surface area (Å²) >= 11 is 1.72. The lowest BCUT2D eigenvalue weighted by molar-refractivity contribution is 0.0230. The molecule has 2 aromatic rings. The number of anilines is 1. The van der Waals surface area contributed by atoms with Crippen LogP contribution in [0.1, 0.15) is 74.1 Å². The molecule has 9 heteroatoms. The van der Waals surface area contributed by atoms with Crippen molar-refractivity contribution in [1.82, 2.24) is 14.6 Å². The number of rotatable bonds is 13. The molecular formula is C29H48N4O4S. The zero-order valence-corrected chi connectivity index (χ0v) is 25.1. The first kappa shape index (κ1) is 30.6. The van der Waals surface area contributed by atoms with E-state index in [-0.39, 0.29) is 24.3 Å². The summed E-state index contributed by atoms with van der Waals surface area (Å²) in [4.78, 5) is 18.3. The third-order valence-corrected chi connectivity index (χ3v) is 8.04. The van der Waals surface area contributed by atoms with Crippen LogP contribution < -0.4 is 10.6 Å². The van der Waals surface area contributed by atoms with Gasteiger partial charge in [0.05, 0.1) is 12.7 Å². The molecule has 0 bridgehead atoms. The highest BCUT2D eigenvalue weighted by molar-refractivity contribution is 7.97. The highest BCUT2D eigenvalue weighted by Crippen LogP contribution is 2.32. The number of benzene rings is 1. The maximum absolute atomic E-state index is 12.7. The summed E-state index contributed by atoms with van der Waals surface area (Å²) in [5.74, 6) is 1.22. The topological polar surface area (TPSA) is 88.9 Å². The summed E-state index contributed by atoms with van der Waals surface area (Å²) < 4.78 is 20.1. The van der Waals surface area contributed by atoms with Crippen LogP contribution >= 0.6 is 11.9 Å². The Bertz CT molecular complexity index is 998. The molecule has 38 heavy (non-hydrogen) atoms. The van der Waals surface area contributed by atoms with E-state index in [2.05, 4.69) is 74.5 Å². The first-order valence-corrected chi connectivity index (χ1v) is 15.1. The normalized spacial score (nSPS) is 22.3. The number of hydrogen-bond donors (Lipinski definition) is 2. The molecule has 0 spiro atoms. The predicted molar refractivity (Wildman–Crippen MR) is 156 cm³/mol. The Balaban J connectivity index is 1.50. The van der Waals surface area contributed by atoms with E-state index in [1.807, 2.05) is 12.1 Å². The number of fused-ring (bicyclic) bond motifs is 1. The lowest BCUT2D eigenvalue weighted by Gasteiger charge is -2.30. The van der Waals surface area contributed by atoms with Gasteiger partial charge >= 0.3 is 6.09 Å². The lowest BCUT2D eigenvalue weighted by atomic mass is 9.82. The third-order valence-electron chi connectivity index (χ3n) is 6.99. The molecule has 214 valence electrons. The molecule has 1 aromatic carbocycles. The van der Waals surface area contributed by atoms with Gasteiger partial charge in [-0.2, -0.15) is 4.98 Å². The van der Waals surface area contributed by atoms with Crippen molar-refractivity contribution < 1.29 is 18.7 Å². The van der Waals surface area contributed by atoms with Crippen LogP contribution in [0.5, 0.6) is 0 Å². The first-order chi connectivity index (χ1) is 18.2. The number of aromatic nitrogens is 1. The van der Waals surface area contributed by atoms with Crippen molar-refractivity contribution in [3.8, 4) is 0 Å². The van der Waals surface area contributed by atoms with Crippen LogP contribution in [-0.2, 0) is 9.47 Å². The molecule has 8 nitrogen and oxygen atoms in total. The van der Waals surface area contributed by atoms with Crippen molar-refractivity contribution in [2.24, 2.45) is 17.8 Å². The SMILES string of the molecule is CCCC1C(OC(=O)NCCCN(CC(C)C)Sc2ccc3nc(NC(C)C)oc3c2)CCOC(C)C1C. The van der Waals surface area contributed by atoms with E-state index < -0.39 is 0 Å². The van der Waals surface area contributed by atoms with E-state index in [0.29, 0.717) is 36.9 Å². The van der Waals surface area contributed by atoms with E-state index in [4.69, 9.17) is 13.9 Å². The van der Waals surface area contributed by atoms with E-state index in [1.165, 1.54) is 0 Å². The minimum atomic E-state index is -0.317. The van der Waals surface area contributed by atoms with Crippen LogP contribution in [-0.4, -0.2) is 59.9 Å². The molecule has 0 aliphatic carbocycles. The second-order valence-electron chi connectivity index (χ2n) is 11.2. The van der Waals surface area contributed by atoms with Crippen molar-refractivity contribution in [3.63, 3.8) is 0 Å². The molecule has 4 unspecified atom stereocenters. The number of amides is 1. The van der Waals surface area contributed by atoms with Crippen LogP contribution in [0.2, 0.25) is 0 Å². The number of alkyl carbamates (subject to hydrolysis) is 1. The zero-order chi connectivity index (χ0) is 27.7. The van der Waals surface area contributed by atoms with Gasteiger partial charge in [0.1, 0.15) is 11.6 Å². The number of oxazole rings is 1. The van der Waals surface area contributed by atoms with Crippen molar-refractivity contribution in [3.05, 3.63) is 18.2 Å². The average Bonchev–Trinajstić information content (AvgIpc) is 3.18. The summed E-state index contributed by atoms with van der Waals surface area (Å²) in [5, 5.41) is 6.21. The fourth-order valence-electron chi connectivity index (χ4n) is 4.98. The number of carbonyl (C=O) groups excluding carboxylic acids is 1. The molecule has 1 aliphatic rings. The Morgan fingerprint density at radius 3 is 2.76 bits per heavy atom. The summed E-state index contributed by atoms with van der Waals surface area (Å²) in [6.45, 7) is 18.1. The first-order valence-electron chi connectivity index (χ1n) is 14.3. The summed E-state index contributed by atoms with van der Waals surface area (Å²) in [6, 6.07) is 6.95. The van der Waals surface area contributed by atoms with Crippen LogP contribution in [0.4, 0.5) is 10.8 Å². The molecule has 1 amide bonds. The van der Waals surface area contributed by atoms with Crippen LogP contribution in [0.15, 0.2) is 27.5 Å². The van der Waals surface area contributed by atoms with Gasteiger partial charge in [0, 0.05) is 42.9 Å². The second kappa shape index (κ2) is 15.0. The second-order valence-corrected chi connectivity index (χ2v) is 12.4. The van der Waals surface area contributed by atoms with Gasteiger partial charge in [-0.1, -0.05) is 34.1 Å². The molecule has 1 aromatic heterocycles. The smallest absolute Gasteiger partial charge is 0.407 e. The van der Waals surface area contributed by atoms with E-state index in [0.717, 1.165) is 54.8 Å². The van der Waals surface area contributed by atoms with E-state index >= 15 is 0 Å². The number of nitrogens with zero attached hydrogens (tertiary/aromatic N) is 2.